The summed E-state index contributed by atoms with van der Waals surface area (Å²) in [6.07, 6.45) is 12.4. The van der Waals surface area contributed by atoms with E-state index >= 15 is 0 Å². The van der Waals surface area contributed by atoms with Crippen LogP contribution in [-0.4, -0.2) is 47.4 Å². The molecule has 0 N–H and O–H groups in total. The topological polar surface area (TPSA) is 49.9 Å². The van der Waals surface area contributed by atoms with Crippen LogP contribution in [0.15, 0.2) is 24.3 Å². The van der Waals surface area contributed by atoms with E-state index in [2.05, 4.69) is 0 Å². The minimum atomic E-state index is -0.492. The summed E-state index contributed by atoms with van der Waals surface area (Å²) < 4.78 is 5.30. The number of carbonyl (C=O) groups excluding carboxylic acids is 2. The van der Waals surface area contributed by atoms with E-state index in [-0.39, 0.29) is 30.4 Å². The summed E-state index contributed by atoms with van der Waals surface area (Å²) in [5.74, 6) is 1.02. The minimum Gasteiger partial charge on any atom is -0.497 e. The van der Waals surface area contributed by atoms with Crippen LogP contribution >= 0.6 is 0 Å². The number of ether oxygens (including phenoxy) is 1. The molecule has 4 rings (SSSR count). The second-order valence-corrected chi connectivity index (χ2v) is 8.88. The molecule has 1 unspecified atom stereocenters. The fourth-order valence-corrected chi connectivity index (χ4v) is 5.47. The number of piperazine rings is 1. The normalized spacial score (nSPS) is 25.2. The zero-order valence-corrected chi connectivity index (χ0v) is 17.6. The number of amides is 2. The molecule has 0 radical (unpaired) electrons. The number of carbonyl (C=O) groups is 2. The van der Waals surface area contributed by atoms with Crippen LogP contribution in [0.2, 0.25) is 0 Å². The fraction of sp³-hybridized carbons (Fsp3) is 0.667. The Balaban J connectivity index is 1.66. The molecule has 1 aromatic rings. The third-order valence-electron chi connectivity index (χ3n) is 7.05. The molecule has 1 heterocycles. The lowest BCUT2D eigenvalue weighted by molar-refractivity contribution is -0.162. The first-order valence-electron chi connectivity index (χ1n) is 11.4. The summed E-state index contributed by atoms with van der Waals surface area (Å²) in [5.41, 5.74) is 0.910. The van der Waals surface area contributed by atoms with Gasteiger partial charge in [0.2, 0.25) is 5.91 Å². The molecule has 29 heavy (non-hydrogen) atoms. The second-order valence-electron chi connectivity index (χ2n) is 8.88. The summed E-state index contributed by atoms with van der Waals surface area (Å²) in [6.45, 7) is 0.257. The number of rotatable bonds is 4. The van der Waals surface area contributed by atoms with Crippen molar-refractivity contribution in [2.45, 2.75) is 88.8 Å². The van der Waals surface area contributed by atoms with E-state index in [1.165, 1.54) is 19.3 Å². The van der Waals surface area contributed by atoms with E-state index in [1.54, 1.807) is 7.11 Å². The van der Waals surface area contributed by atoms with E-state index < -0.39 is 6.04 Å². The molecule has 2 saturated carbocycles. The van der Waals surface area contributed by atoms with Crippen molar-refractivity contribution in [2.75, 3.05) is 13.7 Å². The Morgan fingerprint density at radius 1 is 0.793 bits per heavy atom. The number of hydrogen-bond donors (Lipinski definition) is 0. The Hall–Kier alpha value is -2.04. The van der Waals surface area contributed by atoms with E-state index in [0.29, 0.717) is 0 Å². The number of methoxy groups -OCH3 is 1. The second kappa shape index (κ2) is 9.19. The number of nitrogens with zero attached hydrogens (tertiary/aromatic N) is 2. The van der Waals surface area contributed by atoms with Crippen molar-refractivity contribution in [1.29, 1.82) is 0 Å². The van der Waals surface area contributed by atoms with E-state index in [9.17, 15) is 9.59 Å². The summed E-state index contributed by atoms with van der Waals surface area (Å²) in [7, 11) is 1.65. The molecule has 3 fully saturated rings. The van der Waals surface area contributed by atoms with Gasteiger partial charge in [0.25, 0.3) is 5.91 Å². The van der Waals surface area contributed by atoms with Crippen LogP contribution in [0.5, 0.6) is 5.75 Å². The lowest BCUT2D eigenvalue weighted by Crippen LogP contribution is -2.60. The van der Waals surface area contributed by atoms with Crippen molar-refractivity contribution in [3.8, 4) is 5.75 Å². The first-order valence-corrected chi connectivity index (χ1v) is 11.4. The van der Waals surface area contributed by atoms with Crippen molar-refractivity contribution < 1.29 is 14.3 Å². The lowest BCUT2D eigenvalue weighted by Gasteiger charge is -2.47. The van der Waals surface area contributed by atoms with Gasteiger partial charge in [-0.1, -0.05) is 57.1 Å². The zero-order valence-electron chi connectivity index (χ0n) is 17.6. The van der Waals surface area contributed by atoms with E-state index in [1.807, 2.05) is 34.1 Å². The van der Waals surface area contributed by atoms with Gasteiger partial charge in [0.05, 0.1) is 7.11 Å². The van der Waals surface area contributed by atoms with E-state index in [0.717, 1.165) is 62.7 Å². The Labute approximate surface area is 174 Å². The first-order chi connectivity index (χ1) is 14.2. The van der Waals surface area contributed by atoms with Gasteiger partial charge in [-0.05, 0) is 43.4 Å². The van der Waals surface area contributed by atoms with Gasteiger partial charge in [-0.15, -0.1) is 0 Å². The van der Waals surface area contributed by atoms with Crippen LogP contribution < -0.4 is 4.74 Å². The largest absolute Gasteiger partial charge is 0.497 e. The minimum absolute atomic E-state index is 0.118. The maximum absolute atomic E-state index is 13.8. The molecule has 1 aliphatic heterocycles. The number of benzene rings is 1. The molecular weight excluding hydrogens is 364 g/mol. The van der Waals surface area contributed by atoms with Crippen LogP contribution in [-0.2, 0) is 9.59 Å². The third kappa shape index (κ3) is 4.29. The molecule has 0 spiro atoms. The summed E-state index contributed by atoms with van der Waals surface area (Å²) >= 11 is 0. The maximum Gasteiger partial charge on any atom is 0.250 e. The van der Waals surface area contributed by atoms with Gasteiger partial charge in [-0.25, -0.2) is 0 Å². The third-order valence-corrected chi connectivity index (χ3v) is 7.05. The highest BCUT2D eigenvalue weighted by molar-refractivity contribution is 5.96. The van der Waals surface area contributed by atoms with Crippen molar-refractivity contribution in [1.82, 2.24) is 9.80 Å². The van der Waals surface area contributed by atoms with Gasteiger partial charge in [0.15, 0.2) is 0 Å². The van der Waals surface area contributed by atoms with Crippen LogP contribution in [0.3, 0.4) is 0 Å². The van der Waals surface area contributed by atoms with Gasteiger partial charge >= 0.3 is 0 Å². The van der Waals surface area contributed by atoms with Gasteiger partial charge in [-0.2, -0.15) is 0 Å². The molecule has 1 aromatic carbocycles. The molecule has 5 nitrogen and oxygen atoms in total. The first kappa shape index (κ1) is 20.2. The van der Waals surface area contributed by atoms with Gasteiger partial charge in [-0.3, -0.25) is 9.59 Å². The number of hydrogen-bond acceptors (Lipinski definition) is 3. The molecular formula is C24H34N2O3. The van der Waals surface area contributed by atoms with Crippen LogP contribution in [0.25, 0.3) is 0 Å². The average Bonchev–Trinajstić information content (AvgIpc) is 3.05. The molecule has 3 aliphatic rings. The van der Waals surface area contributed by atoms with E-state index in [4.69, 9.17) is 4.74 Å². The zero-order chi connectivity index (χ0) is 20.2. The SMILES string of the molecule is COc1ccc(C2C(=O)N(C3CCCCCC3)CC(=O)N2C2CCCCC2)cc1. The van der Waals surface area contributed by atoms with Gasteiger partial charge in [0.1, 0.15) is 18.3 Å². The summed E-state index contributed by atoms with van der Waals surface area (Å²) in [5, 5.41) is 0. The summed E-state index contributed by atoms with van der Waals surface area (Å²) in [4.78, 5) is 31.0. The van der Waals surface area contributed by atoms with Crippen molar-refractivity contribution in [3.05, 3.63) is 29.8 Å². The molecule has 158 valence electrons. The van der Waals surface area contributed by atoms with Crippen molar-refractivity contribution in [2.24, 2.45) is 0 Å². The van der Waals surface area contributed by atoms with Gasteiger partial charge in [0, 0.05) is 12.1 Å². The monoisotopic (exact) mass is 398 g/mol. The fourth-order valence-electron chi connectivity index (χ4n) is 5.47. The predicted octanol–water partition coefficient (Wildman–Crippen LogP) is 4.46. The quantitative estimate of drug-likeness (QED) is 0.704. The highest BCUT2D eigenvalue weighted by Gasteiger charge is 2.45. The van der Waals surface area contributed by atoms with Crippen LogP contribution in [0.4, 0.5) is 0 Å². The molecule has 1 saturated heterocycles. The van der Waals surface area contributed by atoms with Crippen LogP contribution in [0.1, 0.15) is 82.2 Å². The van der Waals surface area contributed by atoms with Crippen LogP contribution in [0, 0.1) is 0 Å². The van der Waals surface area contributed by atoms with Crippen molar-refractivity contribution in [3.63, 3.8) is 0 Å². The molecule has 2 aliphatic carbocycles. The highest BCUT2D eigenvalue weighted by atomic mass is 16.5. The predicted molar refractivity (Wildman–Crippen MR) is 113 cm³/mol. The Bertz CT molecular complexity index is 703. The van der Waals surface area contributed by atoms with Crippen molar-refractivity contribution >= 4 is 11.8 Å². The Morgan fingerprint density at radius 3 is 1.93 bits per heavy atom. The Kier molecular flexibility index (Phi) is 6.41. The Morgan fingerprint density at radius 2 is 1.34 bits per heavy atom. The lowest BCUT2D eigenvalue weighted by atomic mass is 9.89. The molecule has 0 aromatic heterocycles. The molecule has 0 bridgehead atoms. The standard InChI is InChI=1S/C24H34N2O3/c1-29-21-15-13-18(14-16-21)23-24(28)25(19-9-5-2-3-6-10-19)17-22(27)26(23)20-11-7-4-8-12-20/h13-16,19-20,23H,2-12,17H2,1H3. The summed E-state index contributed by atoms with van der Waals surface area (Å²) in [6, 6.07) is 7.62. The smallest absolute Gasteiger partial charge is 0.250 e. The maximum atomic E-state index is 13.8. The van der Waals surface area contributed by atoms with Gasteiger partial charge < -0.3 is 14.5 Å². The average molecular weight is 399 g/mol. The molecule has 1 atom stereocenters. The molecule has 2 amide bonds. The highest BCUT2D eigenvalue weighted by Crippen LogP contribution is 2.37. The molecule has 5 heteroatoms.